The minimum atomic E-state index is -4.45. The van der Waals surface area contributed by atoms with Crippen molar-refractivity contribution in [3.8, 4) is 17.2 Å². The first-order valence-corrected chi connectivity index (χ1v) is 7.23. The number of methoxy groups -OCH3 is 3. The fourth-order valence-electron chi connectivity index (χ4n) is 2.80. The van der Waals surface area contributed by atoms with Crippen LogP contribution in [-0.4, -0.2) is 58.6 Å². The number of ether oxygens (including phenoxy) is 3. The van der Waals surface area contributed by atoms with E-state index in [2.05, 4.69) is 5.32 Å². The highest BCUT2D eigenvalue weighted by Crippen LogP contribution is 2.47. The highest BCUT2D eigenvalue weighted by atomic mass is 19.4. The lowest BCUT2D eigenvalue weighted by atomic mass is 10.0. The van der Waals surface area contributed by atoms with Crippen molar-refractivity contribution in [2.45, 2.75) is 12.2 Å². The van der Waals surface area contributed by atoms with Crippen LogP contribution in [0.4, 0.5) is 13.2 Å². The molecule has 23 heavy (non-hydrogen) atoms. The van der Waals surface area contributed by atoms with E-state index in [-0.39, 0.29) is 17.1 Å². The van der Waals surface area contributed by atoms with Crippen LogP contribution in [0.25, 0.3) is 0 Å². The van der Waals surface area contributed by atoms with Crippen molar-refractivity contribution in [2.24, 2.45) is 0 Å². The highest BCUT2D eigenvalue weighted by Gasteiger charge is 2.48. The lowest BCUT2D eigenvalue weighted by Gasteiger charge is -2.37. The molecule has 1 fully saturated rings. The number of hydrogen-bond acceptors (Lipinski definition) is 5. The largest absolute Gasteiger partial charge is 0.496 e. The molecule has 1 saturated heterocycles. The van der Waals surface area contributed by atoms with Gasteiger partial charge in [0, 0.05) is 38.3 Å². The molecule has 8 heteroatoms. The fraction of sp³-hybridized carbons (Fsp3) is 0.600. The first kappa shape index (κ1) is 17.7. The Kier molecular flexibility index (Phi) is 5.59. The molecule has 1 heterocycles. The van der Waals surface area contributed by atoms with Crippen molar-refractivity contribution in [3.05, 3.63) is 17.7 Å². The molecular weight excluding hydrogens is 313 g/mol. The Labute approximate surface area is 133 Å². The van der Waals surface area contributed by atoms with Gasteiger partial charge in [0.25, 0.3) is 0 Å². The van der Waals surface area contributed by atoms with Gasteiger partial charge < -0.3 is 19.5 Å². The second-order valence-corrected chi connectivity index (χ2v) is 5.18. The zero-order valence-electron chi connectivity index (χ0n) is 13.4. The smallest absolute Gasteiger partial charge is 0.408 e. The maximum atomic E-state index is 13.8. The SMILES string of the molecule is COc1cc(OC)c([C@H](N2CCNCC2)C(F)(F)F)c(OC)c1. The third kappa shape index (κ3) is 3.81. The van der Waals surface area contributed by atoms with Gasteiger partial charge in [-0.1, -0.05) is 0 Å². The Bertz CT molecular complexity index is 506. The first-order valence-electron chi connectivity index (χ1n) is 7.23. The van der Waals surface area contributed by atoms with Crippen LogP contribution in [0.1, 0.15) is 11.6 Å². The summed E-state index contributed by atoms with van der Waals surface area (Å²) in [5.74, 6) is 0.577. The van der Waals surface area contributed by atoms with Gasteiger partial charge in [-0.05, 0) is 0 Å². The van der Waals surface area contributed by atoms with Crippen LogP contribution >= 0.6 is 0 Å². The van der Waals surface area contributed by atoms with Gasteiger partial charge in [0.1, 0.15) is 23.3 Å². The van der Waals surface area contributed by atoms with Gasteiger partial charge in [-0.25, -0.2) is 0 Å². The average molecular weight is 334 g/mol. The van der Waals surface area contributed by atoms with E-state index in [4.69, 9.17) is 14.2 Å². The fourth-order valence-corrected chi connectivity index (χ4v) is 2.80. The minimum absolute atomic E-state index is 0.0230. The first-order chi connectivity index (χ1) is 10.9. The molecule has 0 unspecified atom stereocenters. The number of nitrogens with one attached hydrogen (secondary N) is 1. The molecule has 0 spiro atoms. The molecule has 2 rings (SSSR count). The van der Waals surface area contributed by atoms with Gasteiger partial charge in [0.05, 0.1) is 26.9 Å². The zero-order valence-corrected chi connectivity index (χ0v) is 13.4. The van der Waals surface area contributed by atoms with Crippen molar-refractivity contribution in [2.75, 3.05) is 47.5 Å². The van der Waals surface area contributed by atoms with Gasteiger partial charge in [-0.2, -0.15) is 13.2 Å². The summed E-state index contributed by atoms with van der Waals surface area (Å²) >= 11 is 0. The van der Waals surface area contributed by atoms with Crippen LogP contribution in [0.15, 0.2) is 12.1 Å². The molecule has 1 aliphatic rings. The molecule has 0 amide bonds. The molecule has 1 atom stereocenters. The monoisotopic (exact) mass is 334 g/mol. The van der Waals surface area contributed by atoms with Crippen molar-refractivity contribution < 1.29 is 27.4 Å². The molecule has 0 radical (unpaired) electrons. The Morgan fingerprint density at radius 1 is 1.00 bits per heavy atom. The van der Waals surface area contributed by atoms with Crippen molar-refractivity contribution in [1.29, 1.82) is 0 Å². The lowest BCUT2D eigenvalue weighted by molar-refractivity contribution is -0.188. The second kappa shape index (κ2) is 7.27. The third-order valence-electron chi connectivity index (χ3n) is 3.85. The lowest BCUT2D eigenvalue weighted by Crippen LogP contribution is -2.49. The summed E-state index contributed by atoms with van der Waals surface area (Å²) in [4.78, 5) is 1.39. The van der Waals surface area contributed by atoms with E-state index in [1.807, 2.05) is 0 Å². The average Bonchev–Trinajstić information content (AvgIpc) is 2.54. The zero-order chi connectivity index (χ0) is 17.0. The molecule has 0 saturated carbocycles. The summed E-state index contributed by atoms with van der Waals surface area (Å²) in [7, 11) is 4.11. The molecule has 1 aromatic rings. The number of piperazine rings is 1. The highest BCUT2D eigenvalue weighted by molar-refractivity contribution is 5.53. The third-order valence-corrected chi connectivity index (χ3v) is 3.85. The van der Waals surface area contributed by atoms with Crippen LogP contribution in [0.5, 0.6) is 17.2 Å². The number of nitrogens with zero attached hydrogens (tertiary/aromatic N) is 1. The minimum Gasteiger partial charge on any atom is -0.496 e. The Hall–Kier alpha value is -1.67. The van der Waals surface area contributed by atoms with Gasteiger partial charge in [-0.15, -0.1) is 0 Å². The van der Waals surface area contributed by atoms with E-state index in [1.165, 1.54) is 38.4 Å². The Balaban J connectivity index is 2.56. The molecule has 0 bridgehead atoms. The predicted molar refractivity (Wildman–Crippen MR) is 79.3 cm³/mol. The van der Waals surface area contributed by atoms with E-state index < -0.39 is 12.2 Å². The maximum Gasteiger partial charge on any atom is 0.408 e. The molecule has 1 N–H and O–H groups in total. The maximum absolute atomic E-state index is 13.8. The van der Waals surface area contributed by atoms with Crippen LogP contribution < -0.4 is 19.5 Å². The summed E-state index contributed by atoms with van der Waals surface area (Å²) in [6.07, 6.45) is -4.45. The van der Waals surface area contributed by atoms with Crippen molar-refractivity contribution in [3.63, 3.8) is 0 Å². The van der Waals surface area contributed by atoms with E-state index >= 15 is 0 Å². The summed E-state index contributed by atoms with van der Waals surface area (Å²) in [6, 6.07) is 1.10. The van der Waals surface area contributed by atoms with E-state index in [0.717, 1.165) is 0 Å². The van der Waals surface area contributed by atoms with Gasteiger partial charge in [0.2, 0.25) is 0 Å². The summed E-state index contributed by atoms with van der Waals surface area (Å²) in [6.45, 7) is 1.60. The molecule has 130 valence electrons. The van der Waals surface area contributed by atoms with Crippen LogP contribution in [0, 0.1) is 0 Å². The topological polar surface area (TPSA) is 43.0 Å². The van der Waals surface area contributed by atoms with Crippen LogP contribution in [-0.2, 0) is 0 Å². The standard InChI is InChI=1S/C15H21F3N2O3/c1-21-10-8-11(22-2)13(12(9-10)23-3)14(15(16,17)18)20-6-4-19-5-7-20/h8-9,14,19H,4-7H2,1-3H3/t14-/m0/s1. The molecular formula is C15H21F3N2O3. The van der Waals surface area contributed by atoms with Crippen molar-refractivity contribution in [1.82, 2.24) is 10.2 Å². The van der Waals surface area contributed by atoms with E-state index in [0.29, 0.717) is 31.9 Å². The second-order valence-electron chi connectivity index (χ2n) is 5.18. The number of hydrogen-bond donors (Lipinski definition) is 1. The Morgan fingerprint density at radius 3 is 1.91 bits per heavy atom. The van der Waals surface area contributed by atoms with Crippen molar-refractivity contribution >= 4 is 0 Å². The number of rotatable bonds is 5. The van der Waals surface area contributed by atoms with Gasteiger partial charge >= 0.3 is 6.18 Å². The van der Waals surface area contributed by atoms with Crippen LogP contribution in [0.3, 0.4) is 0 Å². The number of benzene rings is 1. The summed E-state index contributed by atoms with van der Waals surface area (Å²) in [5, 5.41) is 3.06. The predicted octanol–water partition coefficient (Wildman–Crippen LogP) is 2.22. The quantitative estimate of drug-likeness (QED) is 0.894. The molecule has 1 aromatic carbocycles. The summed E-state index contributed by atoms with van der Waals surface area (Å²) < 4.78 is 56.9. The van der Waals surface area contributed by atoms with Gasteiger partial charge in [0.15, 0.2) is 0 Å². The molecule has 0 aliphatic carbocycles. The molecule has 5 nitrogen and oxygen atoms in total. The van der Waals surface area contributed by atoms with Gasteiger partial charge in [-0.3, -0.25) is 4.90 Å². The molecule has 0 aromatic heterocycles. The number of halogens is 3. The van der Waals surface area contributed by atoms with E-state index in [9.17, 15) is 13.2 Å². The van der Waals surface area contributed by atoms with E-state index in [1.54, 1.807) is 0 Å². The molecule has 1 aliphatic heterocycles. The Morgan fingerprint density at radius 2 is 1.52 bits per heavy atom. The summed E-state index contributed by atoms with van der Waals surface area (Å²) in [5.41, 5.74) is -0.0230. The number of alkyl halides is 3. The normalized spacial score (nSPS) is 17.7. The van der Waals surface area contributed by atoms with Crippen LogP contribution in [0.2, 0.25) is 0 Å².